The summed E-state index contributed by atoms with van der Waals surface area (Å²) >= 11 is 0. The van der Waals surface area contributed by atoms with Gasteiger partial charge in [0.05, 0.1) is 43.4 Å². The number of hydrogen-bond donors (Lipinski definition) is 2. The number of carbonyl (C=O) groups excluding carboxylic acids is 2. The number of rotatable bonds is 4. The van der Waals surface area contributed by atoms with Crippen LogP contribution in [0, 0.1) is 11.3 Å². The summed E-state index contributed by atoms with van der Waals surface area (Å²) in [5, 5.41) is 16.4. The molecule has 9 nitrogen and oxygen atoms in total. The molecule has 3 rings (SSSR count). The van der Waals surface area contributed by atoms with Crippen LogP contribution in [0.25, 0.3) is 0 Å². The SMILES string of the molecule is COC(=O)Cc1[nH]nc2c1C(c1ccc(C(=O)OC)cc1)C(C#N)=C(N)O2. The highest BCUT2D eigenvalue weighted by atomic mass is 16.5. The Balaban J connectivity index is 2.10. The smallest absolute Gasteiger partial charge is 0.337 e. The molecule has 27 heavy (non-hydrogen) atoms. The minimum Gasteiger partial charge on any atom is -0.469 e. The van der Waals surface area contributed by atoms with Crippen molar-refractivity contribution in [2.75, 3.05) is 14.2 Å². The molecule has 0 saturated heterocycles. The second kappa shape index (κ2) is 7.21. The van der Waals surface area contributed by atoms with Gasteiger partial charge in [0.15, 0.2) is 0 Å². The van der Waals surface area contributed by atoms with Crippen molar-refractivity contribution >= 4 is 11.9 Å². The van der Waals surface area contributed by atoms with Crippen molar-refractivity contribution in [3.63, 3.8) is 0 Å². The Hall–Kier alpha value is -3.80. The van der Waals surface area contributed by atoms with Gasteiger partial charge in [-0.1, -0.05) is 12.1 Å². The van der Waals surface area contributed by atoms with Gasteiger partial charge in [-0.2, -0.15) is 5.26 Å². The van der Waals surface area contributed by atoms with Gasteiger partial charge in [-0.05, 0) is 17.7 Å². The zero-order chi connectivity index (χ0) is 19.6. The Morgan fingerprint density at radius 1 is 1.30 bits per heavy atom. The van der Waals surface area contributed by atoms with Gasteiger partial charge in [0.25, 0.3) is 0 Å². The lowest BCUT2D eigenvalue weighted by Crippen LogP contribution is -2.22. The summed E-state index contributed by atoms with van der Waals surface area (Å²) in [5.41, 5.74) is 8.09. The third-order valence-electron chi connectivity index (χ3n) is 4.23. The Morgan fingerprint density at radius 3 is 2.59 bits per heavy atom. The van der Waals surface area contributed by atoms with E-state index in [9.17, 15) is 14.9 Å². The molecule has 0 aliphatic carbocycles. The number of nitriles is 1. The van der Waals surface area contributed by atoms with Crippen molar-refractivity contribution in [1.29, 1.82) is 5.26 Å². The fourth-order valence-electron chi connectivity index (χ4n) is 2.92. The minimum absolute atomic E-state index is 0.0665. The lowest BCUT2D eigenvalue weighted by Gasteiger charge is -2.24. The van der Waals surface area contributed by atoms with E-state index in [1.54, 1.807) is 24.3 Å². The molecular formula is C18H16N4O5. The fourth-order valence-corrected chi connectivity index (χ4v) is 2.92. The van der Waals surface area contributed by atoms with Crippen LogP contribution in [-0.2, 0) is 20.7 Å². The van der Waals surface area contributed by atoms with Crippen LogP contribution < -0.4 is 10.5 Å². The van der Waals surface area contributed by atoms with Gasteiger partial charge in [-0.15, -0.1) is 5.10 Å². The number of nitrogens with zero attached hydrogens (tertiary/aromatic N) is 2. The average Bonchev–Trinajstić information content (AvgIpc) is 3.08. The first kappa shape index (κ1) is 18.0. The molecular weight excluding hydrogens is 352 g/mol. The standard InChI is InChI=1S/C18H16N4O5/c1-25-13(23)7-12-15-14(9-3-5-10(6-4-9)18(24)26-2)11(8-19)16(20)27-17(15)22-21-12/h3-6,14H,7,20H2,1-2H3,(H,21,22). The Kier molecular flexibility index (Phi) is 4.81. The molecule has 138 valence electrons. The first-order valence-corrected chi connectivity index (χ1v) is 7.90. The number of nitrogens with one attached hydrogen (secondary N) is 1. The summed E-state index contributed by atoms with van der Waals surface area (Å²) in [7, 11) is 2.58. The summed E-state index contributed by atoms with van der Waals surface area (Å²) in [6.45, 7) is 0. The number of aromatic amines is 1. The van der Waals surface area contributed by atoms with Crippen LogP contribution in [-0.4, -0.2) is 36.4 Å². The fraction of sp³-hybridized carbons (Fsp3) is 0.222. The van der Waals surface area contributed by atoms with E-state index >= 15 is 0 Å². The molecule has 2 aromatic rings. The molecule has 0 fully saturated rings. The lowest BCUT2D eigenvalue weighted by molar-refractivity contribution is -0.139. The normalized spacial score (nSPS) is 15.4. The second-order valence-corrected chi connectivity index (χ2v) is 5.71. The number of fused-ring (bicyclic) bond motifs is 1. The van der Waals surface area contributed by atoms with Crippen molar-refractivity contribution < 1.29 is 23.8 Å². The third-order valence-corrected chi connectivity index (χ3v) is 4.23. The second-order valence-electron chi connectivity index (χ2n) is 5.71. The molecule has 1 aliphatic rings. The van der Waals surface area contributed by atoms with Gasteiger partial charge in [0.2, 0.25) is 11.8 Å². The Labute approximate surface area is 154 Å². The molecule has 1 aromatic heterocycles. The molecule has 0 spiro atoms. The maximum atomic E-state index is 11.7. The van der Waals surface area contributed by atoms with E-state index in [4.69, 9.17) is 19.9 Å². The van der Waals surface area contributed by atoms with Gasteiger partial charge in [-0.25, -0.2) is 4.79 Å². The number of allylic oxidation sites excluding steroid dienone is 1. The minimum atomic E-state index is -0.608. The number of carbonyl (C=O) groups is 2. The number of methoxy groups -OCH3 is 2. The molecule has 0 bridgehead atoms. The zero-order valence-corrected chi connectivity index (χ0v) is 14.6. The van der Waals surface area contributed by atoms with Crippen LogP contribution in [0.4, 0.5) is 0 Å². The number of benzene rings is 1. The monoisotopic (exact) mass is 368 g/mol. The number of aromatic nitrogens is 2. The first-order valence-electron chi connectivity index (χ1n) is 7.90. The highest BCUT2D eigenvalue weighted by Crippen LogP contribution is 2.42. The van der Waals surface area contributed by atoms with Crippen molar-refractivity contribution in [1.82, 2.24) is 10.2 Å². The highest BCUT2D eigenvalue weighted by Gasteiger charge is 2.35. The van der Waals surface area contributed by atoms with E-state index < -0.39 is 17.9 Å². The van der Waals surface area contributed by atoms with E-state index in [0.29, 0.717) is 22.4 Å². The summed E-state index contributed by atoms with van der Waals surface area (Å²) in [6.07, 6.45) is -0.0719. The zero-order valence-electron chi connectivity index (χ0n) is 14.6. The van der Waals surface area contributed by atoms with Gasteiger partial charge in [-0.3, -0.25) is 9.89 Å². The summed E-state index contributed by atoms with van der Waals surface area (Å²) in [6, 6.07) is 8.60. The molecule has 1 unspecified atom stereocenters. The van der Waals surface area contributed by atoms with Gasteiger partial charge >= 0.3 is 11.9 Å². The number of hydrogen-bond acceptors (Lipinski definition) is 8. The first-order chi connectivity index (χ1) is 13.0. The van der Waals surface area contributed by atoms with Crippen molar-refractivity contribution in [3.05, 3.63) is 58.1 Å². The van der Waals surface area contributed by atoms with E-state index in [0.717, 1.165) is 0 Å². The van der Waals surface area contributed by atoms with Gasteiger partial charge in [0, 0.05) is 0 Å². The van der Waals surface area contributed by atoms with Crippen molar-refractivity contribution in [2.45, 2.75) is 12.3 Å². The topological polar surface area (TPSA) is 140 Å². The molecule has 0 radical (unpaired) electrons. The van der Waals surface area contributed by atoms with E-state index in [1.807, 2.05) is 0 Å². The van der Waals surface area contributed by atoms with Crippen molar-refractivity contribution in [3.8, 4) is 11.9 Å². The predicted molar refractivity (Wildman–Crippen MR) is 91.4 cm³/mol. The van der Waals surface area contributed by atoms with Crippen LogP contribution in [0.1, 0.15) is 33.1 Å². The molecule has 1 atom stereocenters. The Bertz CT molecular complexity index is 969. The number of ether oxygens (including phenoxy) is 3. The molecule has 0 saturated carbocycles. The highest BCUT2D eigenvalue weighted by molar-refractivity contribution is 5.89. The van der Waals surface area contributed by atoms with E-state index in [-0.39, 0.29) is 23.8 Å². The quantitative estimate of drug-likeness (QED) is 0.765. The number of H-pyrrole nitrogens is 1. The van der Waals surface area contributed by atoms with E-state index in [1.165, 1.54) is 14.2 Å². The van der Waals surface area contributed by atoms with E-state index in [2.05, 4.69) is 16.3 Å². The average molecular weight is 368 g/mol. The van der Waals surface area contributed by atoms with Crippen LogP contribution in [0.15, 0.2) is 35.7 Å². The van der Waals surface area contributed by atoms with Gasteiger partial charge < -0.3 is 19.9 Å². The third kappa shape index (κ3) is 3.20. The molecule has 0 amide bonds. The Morgan fingerprint density at radius 2 is 2.00 bits per heavy atom. The number of esters is 2. The van der Waals surface area contributed by atoms with Crippen LogP contribution in [0.3, 0.4) is 0 Å². The summed E-state index contributed by atoms with van der Waals surface area (Å²) < 4.78 is 14.8. The largest absolute Gasteiger partial charge is 0.469 e. The molecule has 2 heterocycles. The summed E-state index contributed by atoms with van der Waals surface area (Å²) in [4.78, 5) is 23.4. The maximum Gasteiger partial charge on any atom is 0.337 e. The molecule has 9 heteroatoms. The molecule has 3 N–H and O–H groups in total. The molecule has 1 aromatic carbocycles. The maximum absolute atomic E-state index is 11.7. The van der Waals surface area contributed by atoms with Crippen LogP contribution in [0.5, 0.6) is 5.88 Å². The molecule has 1 aliphatic heterocycles. The van der Waals surface area contributed by atoms with Crippen molar-refractivity contribution in [2.24, 2.45) is 5.73 Å². The number of nitrogens with two attached hydrogens (primary N) is 1. The van der Waals surface area contributed by atoms with Gasteiger partial charge in [0.1, 0.15) is 11.6 Å². The van der Waals surface area contributed by atoms with Crippen LogP contribution >= 0.6 is 0 Å². The van der Waals surface area contributed by atoms with Crippen LogP contribution in [0.2, 0.25) is 0 Å². The lowest BCUT2D eigenvalue weighted by atomic mass is 9.83. The summed E-state index contributed by atoms with van der Waals surface area (Å²) in [5.74, 6) is -1.43. The predicted octanol–water partition coefficient (Wildman–Crippen LogP) is 1.13.